The first-order chi connectivity index (χ1) is 10.6. The molecule has 0 saturated carbocycles. The molecule has 2 saturated heterocycles. The van der Waals surface area contributed by atoms with Gasteiger partial charge in [-0.1, -0.05) is 6.07 Å². The number of ether oxygens (including phenoxy) is 1. The molecule has 2 aliphatic rings. The molecule has 22 heavy (non-hydrogen) atoms. The minimum absolute atomic E-state index is 0.116. The average Bonchev–Trinajstić information content (AvgIpc) is 2.49. The summed E-state index contributed by atoms with van der Waals surface area (Å²) in [5.74, 6) is -0.116. The van der Waals surface area contributed by atoms with Crippen molar-refractivity contribution >= 4 is 5.69 Å². The summed E-state index contributed by atoms with van der Waals surface area (Å²) in [7, 11) is 0. The van der Waals surface area contributed by atoms with Gasteiger partial charge in [-0.25, -0.2) is 4.39 Å². The van der Waals surface area contributed by atoms with E-state index < -0.39 is 0 Å². The summed E-state index contributed by atoms with van der Waals surface area (Å²) in [5, 5.41) is 3.31. The number of hydrogen-bond donors (Lipinski definition) is 1. The largest absolute Gasteiger partial charge is 0.373 e. The fourth-order valence-corrected chi connectivity index (χ4v) is 3.48. The van der Waals surface area contributed by atoms with E-state index in [0.29, 0.717) is 0 Å². The van der Waals surface area contributed by atoms with Crippen LogP contribution in [-0.4, -0.2) is 56.4 Å². The molecule has 0 bridgehead atoms. The molecule has 0 amide bonds. The lowest BCUT2D eigenvalue weighted by molar-refractivity contribution is -0.0704. The molecule has 1 aromatic carbocycles. The number of hydrogen-bond acceptors (Lipinski definition) is 4. The van der Waals surface area contributed by atoms with Crippen molar-refractivity contribution in [3.8, 4) is 0 Å². The standard InChI is InChI=1S/C17H26FN3O/c1-13-10-20(11-14(2)22-13)12-15-3-4-16(18)17(9-15)21-7-5-19-6-8-21/h3-4,9,13-14,19H,5-8,10-12H2,1-2H3. The molecular weight excluding hydrogens is 281 g/mol. The number of morpholine rings is 1. The number of benzene rings is 1. The molecule has 2 atom stereocenters. The van der Waals surface area contributed by atoms with Gasteiger partial charge in [-0.3, -0.25) is 4.90 Å². The Balaban J connectivity index is 1.71. The van der Waals surface area contributed by atoms with E-state index in [1.807, 2.05) is 12.1 Å². The SMILES string of the molecule is CC1CN(Cc2ccc(F)c(N3CCNCC3)c2)CC(C)O1. The van der Waals surface area contributed by atoms with Gasteiger partial charge in [-0.2, -0.15) is 0 Å². The Kier molecular flexibility index (Phi) is 4.96. The van der Waals surface area contributed by atoms with Gasteiger partial charge in [-0.05, 0) is 31.5 Å². The Morgan fingerprint density at radius 3 is 2.55 bits per heavy atom. The van der Waals surface area contributed by atoms with E-state index in [4.69, 9.17) is 4.74 Å². The lowest BCUT2D eigenvalue weighted by Crippen LogP contribution is -2.45. The van der Waals surface area contributed by atoms with Crippen molar-refractivity contribution in [2.75, 3.05) is 44.2 Å². The van der Waals surface area contributed by atoms with Crippen LogP contribution in [0, 0.1) is 5.82 Å². The molecule has 1 aromatic rings. The first-order valence-electron chi connectivity index (χ1n) is 8.24. The van der Waals surface area contributed by atoms with E-state index in [-0.39, 0.29) is 18.0 Å². The van der Waals surface area contributed by atoms with Crippen LogP contribution in [0.25, 0.3) is 0 Å². The Labute approximate surface area is 132 Å². The summed E-state index contributed by atoms with van der Waals surface area (Å²) in [5.41, 5.74) is 1.92. The highest BCUT2D eigenvalue weighted by atomic mass is 19.1. The van der Waals surface area contributed by atoms with Gasteiger partial charge in [0.1, 0.15) is 5.82 Å². The van der Waals surface area contributed by atoms with Crippen LogP contribution >= 0.6 is 0 Å². The Bertz CT molecular complexity index is 495. The fraction of sp³-hybridized carbons (Fsp3) is 0.647. The van der Waals surface area contributed by atoms with Crippen molar-refractivity contribution in [3.05, 3.63) is 29.6 Å². The highest BCUT2D eigenvalue weighted by Crippen LogP contribution is 2.23. The summed E-state index contributed by atoms with van der Waals surface area (Å²) in [6, 6.07) is 5.54. The van der Waals surface area contributed by atoms with Crippen molar-refractivity contribution in [1.82, 2.24) is 10.2 Å². The molecule has 2 aliphatic heterocycles. The predicted octanol–water partition coefficient (Wildman–Crippen LogP) is 1.84. The maximum absolute atomic E-state index is 14.2. The van der Waals surface area contributed by atoms with Crippen LogP contribution in [0.4, 0.5) is 10.1 Å². The minimum atomic E-state index is -0.116. The highest BCUT2D eigenvalue weighted by Gasteiger charge is 2.22. The third-order valence-electron chi connectivity index (χ3n) is 4.37. The van der Waals surface area contributed by atoms with E-state index in [2.05, 4.69) is 29.0 Å². The molecule has 2 fully saturated rings. The lowest BCUT2D eigenvalue weighted by atomic mass is 10.1. The molecule has 1 N–H and O–H groups in total. The maximum Gasteiger partial charge on any atom is 0.146 e. The zero-order valence-corrected chi connectivity index (χ0v) is 13.5. The molecule has 0 spiro atoms. The van der Waals surface area contributed by atoms with Crippen molar-refractivity contribution < 1.29 is 9.13 Å². The van der Waals surface area contributed by atoms with Crippen molar-refractivity contribution in [3.63, 3.8) is 0 Å². The molecule has 122 valence electrons. The normalized spacial score (nSPS) is 27.1. The van der Waals surface area contributed by atoms with Crippen LogP contribution in [-0.2, 0) is 11.3 Å². The van der Waals surface area contributed by atoms with E-state index in [1.54, 1.807) is 6.07 Å². The zero-order chi connectivity index (χ0) is 15.5. The van der Waals surface area contributed by atoms with Crippen LogP contribution in [0.15, 0.2) is 18.2 Å². The zero-order valence-electron chi connectivity index (χ0n) is 13.5. The van der Waals surface area contributed by atoms with E-state index in [9.17, 15) is 4.39 Å². The maximum atomic E-state index is 14.2. The van der Waals surface area contributed by atoms with Crippen LogP contribution in [0.1, 0.15) is 19.4 Å². The molecule has 2 heterocycles. The number of halogens is 1. The summed E-state index contributed by atoms with van der Waals surface area (Å²) in [4.78, 5) is 4.54. The van der Waals surface area contributed by atoms with Gasteiger partial charge in [0.25, 0.3) is 0 Å². The fourth-order valence-electron chi connectivity index (χ4n) is 3.48. The average molecular weight is 307 g/mol. The van der Waals surface area contributed by atoms with Crippen molar-refractivity contribution in [2.24, 2.45) is 0 Å². The topological polar surface area (TPSA) is 27.7 Å². The van der Waals surface area contributed by atoms with E-state index in [1.165, 1.54) is 5.56 Å². The van der Waals surface area contributed by atoms with Crippen LogP contribution in [0.3, 0.4) is 0 Å². The van der Waals surface area contributed by atoms with Crippen LogP contribution in [0.2, 0.25) is 0 Å². The Hall–Kier alpha value is -1.17. The van der Waals surface area contributed by atoms with Gasteiger partial charge in [0.15, 0.2) is 0 Å². The Morgan fingerprint density at radius 1 is 1.18 bits per heavy atom. The summed E-state index contributed by atoms with van der Waals surface area (Å²) >= 11 is 0. The number of nitrogens with zero attached hydrogens (tertiary/aromatic N) is 2. The second-order valence-corrected chi connectivity index (χ2v) is 6.47. The second kappa shape index (κ2) is 6.94. The lowest BCUT2D eigenvalue weighted by Gasteiger charge is -2.35. The van der Waals surface area contributed by atoms with E-state index >= 15 is 0 Å². The van der Waals surface area contributed by atoms with Crippen molar-refractivity contribution in [1.29, 1.82) is 0 Å². The minimum Gasteiger partial charge on any atom is -0.373 e. The molecular formula is C17H26FN3O. The van der Waals surface area contributed by atoms with Gasteiger partial charge < -0.3 is 15.0 Å². The van der Waals surface area contributed by atoms with Gasteiger partial charge in [-0.15, -0.1) is 0 Å². The predicted molar refractivity (Wildman–Crippen MR) is 86.8 cm³/mol. The third-order valence-corrected chi connectivity index (χ3v) is 4.37. The van der Waals surface area contributed by atoms with Gasteiger partial charge in [0, 0.05) is 45.8 Å². The summed E-state index contributed by atoms with van der Waals surface area (Å²) in [6.07, 6.45) is 0.522. The molecule has 0 aromatic heterocycles. The second-order valence-electron chi connectivity index (χ2n) is 6.47. The first kappa shape index (κ1) is 15.7. The monoisotopic (exact) mass is 307 g/mol. The number of piperazine rings is 1. The Morgan fingerprint density at radius 2 is 1.86 bits per heavy atom. The van der Waals surface area contributed by atoms with Crippen LogP contribution < -0.4 is 10.2 Å². The number of anilines is 1. The molecule has 0 aliphatic carbocycles. The quantitative estimate of drug-likeness (QED) is 0.922. The van der Waals surface area contributed by atoms with Gasteiger partial charge >= 0.3 is 0 Å². The molecule has 5 heteroatoms. The first-order valence-corrected chi connectivity index (χ1v) is 8.24. The highest BCUT2D eigenvalue weighted by molar-refractivity contribution is 5.50. The number of nitrogens with one attached hydrogen (secondary N) is 1. The van der Waals surface area contributed by atoms with E-state index in [0.717, 1.165) is 51.5 Å². The van der Waals surface area contributed by atoms with Gasteiger partial charge in [0.05, 0.1) is 17.9 Å². The van der Waals surface area contributed by atoms with Crippen molar-refractivity contribution in [2.45, 2.75) is 32.6 Å². The molecule has 3 rings (SSSR count). The van der Waals surface area contributed by atoms with Crippen LogP contribution in [0.5, 0.6) is 0 Å². The third kappa shape index (κ3) is 3.77. The van der Waals surface area contributed by atoms with Gasteiger partial charge in [0.2, 0.25) is 0 Å². The summed E-state index contributed by atoms with van der Waals surface area (Å²) < 4.78 is 19.9. The smallest absolute Gasteiger partial charge is 0.146 e. The summed E-state index contributed by atoms with van der Waals surface area (Å²) in [6.45, 7) is 10.5. The molecule has 0 radical (unpaired) electrons. The molecule has 2 unspecified atom stereocenters. The number of rotatable bonds is 3. The molecule has 4 nitrogen and oxygen atoms in total.